The molecule has 0 bridgehead atoms. The Bertz CT molecular complexity index is 1350. The molecule has 3 aromatic rings. The van der Waals surface area contributed by atoms with E-state index in [1.165, 1.54) is 0 Å². The molecule has 10 heteroatoms. The number of piperidine rings is 1. The topological polar surface area (TPSA) is 66.9 Å². The Morgan fingerprint density at radius 2 is 1.68 bits per heavy atom. The number of carbonyl (C=O) groups is 1. The molecule has 0 saturated carbocycles. The van der Waals surface area contributed by atoms with Crippen LogP contribution < -0.4 is 4.74 Å². The number of sulfonamides is 1. The second-order valence-corrected chi connectivity index (χ2v) is 12.0. The molecular weight excluding hydrogens is 534 g/mol. The third-order valence-electron chi connectivity index (χ3n) is 6.72. The van der Waals surface area contributed by atoms with Crippen molar-refractivity contribution in [1.82, 2.24) is 9.21 Å². The molecule has 1 fully saturated rings. The van der Waals surface area contributed by atoms with Gasteiger partial charge in [0.1, 0.15) is 17.4 Å². The normalized spacial score (nSPS) is 18.2. The molecule has 0 aliphatic carbocycles. The first-order valence-electron chi connectivity index (χ1n) is 12.2. The molecule has 202 valence electrons. The first-order chi connectivity index (χ1) is 18.1. The summed E-state index contributed by atoms with van der Waals surface area (Å²) in [4.78, 5) is 14.0. The molecule has 1 amide bonds. The number of nitrogens with zero attached hydrogens (tertiary/aromatic N) is 2. The molecule has 1 saturated heterocycles. The fraction of sp³-hybridized carbons (Fsp3) is 0.321. The number of hydrogen-bond acceptors (Lipinski definition) is 4. The molecule has 0 N–H and O–H groups in total. The molecular formula is C28H29ClF2N2O4S. The molecule has 1 heterocycles. The van der Waals surface area contributed by atoms with E-state index in [0.717, 1.165) is 28.1 Å². The van der Waals surface area contributed by atoms with Crippen LogP contribution in [0.4, 0.5) is 8.78 Å². The van der Waals surface area contributed by atoms with Crippen molar-refractivity contribution in [3.63, 3.8) is 0 Å². The quantitative estimate of drug-likeness (QED) is 0.345. The van der Waals surface area contributed by atoms with Crippen LogP contribution in [0.1, 0.15) is 24.8 Å². The SMILES string of the molecule is CN(Cc1ccccc1)C(=O)C[C@]1(COc2ccc(Cl)cc2)CCCN(S(=O)(=O)c2c(F)cccc2F)C1. The summed E-state index contributed by atoms with van der Waals surface area (Å²) in [5.41, 5.74) is 0.0343. The van der Waals surface area contributed by atoms with E-state index in [2.05, 4.69) is 0 Å². The average Bonchev–Trinajstić information content (AvgIpc) is 2.89. The maximum Gasteiger partial charge on any atom is 0.248 e. The minimum Gasteiger partial charge on any atom is -0.493 e. The van der Waals surface area contributed by atoms with Crippen molar-refractivity contribution in [2.75, 3.05) is 26.7 Å². The van der Waals surface area contributed by atoms with E-state index in [1.807, 2.05) is 30.3 Å². The van der Waals surface area contributed by atoms with Gasteiger partial charge in [-0.15, -0.1) is 0 Å². The van der Waals surface area contributed by atoms with Gasteiger partial charge in [-0.3, -0.25) is 4.79 Å². The minimum absolute atomic E-state index is 0.00427. The van der Waals surface area contributed by atoms with Gasteiger partial charge in [-0.1, -0.05) is 48.0 Å². The van der Waals surface area contributed by atoms with E-state index in [0.29, 0.717) is 30.2 Å². The van der Waals surface area contributed by atoms with E-state index in [-0.39, 0.29) is 32.0 Å². The van der Waals surface area contributed by atoms with Gasteiger partial charge in [0.25, 0.3) is 0 Å². The van der Waals surface area contributed by atoms with Crippen LogP contribution in [-0.2, 0) is 21.4 Å². The fourth-order valence-corrected chi connectivity index (χ4v) is 6.53. The molecule has 1 aliphatic heterocycles. The Balaban J connectivity index is 1.60. The fourth-order valence-electron chi connectivity index (χ4n) is 4.71. The number of amides is 1. The van der Waals surface area contributed by atoms with Gasteiger partial charge in [0.15, 0.2) is 4.90 Å². The molecule has 1 atom stereocenters. The van der Waals surface area contributed by atoms with Crippen molar-refractivity contribution >= 4 is 27.5 Å². The summed E-state index contributed by atoms with van der Waals surface area (Å²) >= 11 is 5.97. The van der Waals surface area contributed by atoms with Gasteiger partial charge < -0.3 is 9.64 Å². The number of rotatable bonds is 9. The molecule has 3 aromatic carbocycles. The summed E-state index contributed by atoms with van der Waals surface area (Å²) in [6, 6.07) is 19.2. The monoisotopic (exact) mass is 562 g/mol. The predicted octanol–water partition coefficient (Wildman–Crippen LogP) is 5.52. The largest absolute Gasteiger partial charge is 0.493 e. The molecule has 0 unspecified atom stereocenters. The number of halogens is 3. The van der Waals surface area contributed by atoms with Gasteiger partial charge in [-0.2, -0.15) is 4.31 Å². The van der Waals surface area contributed by atoms with E-state index in [9.17, 15) is 22.0 Å². The Kier molecular flexibility index (Phi) is 8.70. The summed E-state index contributed by atoms with van der Waals surface area (Å²) in [5, 5.41) is 0.534. The van der Waals surface area contributed by atoms with Crippen molar-refractivity contribution in [2.24, 2.45) is 5.41 Å². The number of hydrogen-bond donors (Lipinski definition) is 0. The van der Waals surface area contributed by atoms with Gasteiger partial charge in [0.05, 0.1) is 6.61 Å². The standard InChI is InChI=1S/C28H29ClF2N2O4S/c1-32(18-21-7-3-2-4-8-21)26(34)17-28(20-37-23-13-11-22(29)12-14-23)15-6-16-33(19-28)38(35,36)27-24(30)9-5-10-25(27)31/h2-5,7-14H,6,15-20H2,1H3/t28-/m1/s1. The smallest absolute Gasteiger partial charge is 0.248 e. The van der Waals surface area contributed by atoms with Crippen LogP contribution in [0.15, 0.2) is 77.7 Å². The highest BCUT2D eigenvalue weighted by Crippen LogP contribution is 2.38. The third-order valence-corrected chi connectivity index (χ3v) is 8.87. The average molecular weight is 563 g/mol. The van der Waals surface area contributed by atoms with Crippen molar-refractivity contribution in [2.45, 2.75) is 30.7 Å². The zero-order valence-electron chi connectivity index (χ0n) is 20.9. The van der Waals surface area contributed by atoms with Crippen molar-refractivity contribution in [3.8, 4) is 5.75 Å². The van der Waals surface area contributed by atoms with Gasteiger partial charge in [-0.25, -0.2) is 17.2 Å². The molecule has 6 nitrogen and oxygen atoms in total. The Morgan fingerprint density at radius 3 is 2.34 bits per heavy atom. The summed E-state index contributed by atoms with van der Waals surface area (Å²) in [5.74, 6) is -1.99. The van der Waals surface area contributed by atoms with Gasteiger partial charge >= 0.3 is 0 Å². The van der Waals surface area contributed by atoms with Crippen LogP contribution in [0.25, 0.3) is 0 Å². The number of carbonyl (C=O) groups excluding carboxylic acids is 1. The first kappa shape index (κ1) is 28.0. The van der Waals surface area contributed by atoms with Gasteiger partial charge in [0, 0.05) is 43.5 Å². The highest BCUT2D eigenvalue weighted by atomic mass is 35.5. The molecule has 38 heavy (non-hydrogen) atoms. The van der Waals surface area contributed by atoms with Gasteiger partial charge in [0.2, 0.25) is 15.9 Å². The minimum atomic E-state index is -4.50. The van der Waals surface area contributed by atoms with Crippen LogP contribution in [0.3, 0.4) is 0 Å². The predicted molar refractivity (Wildman–Crippen MR) is 141 cm³/mol. The van der Waals surface area contributed by atoms with E-state index in [1.54, 1.807) is 36.2 Å². The second kappa shape index (κ2) is 11.8. The summed E-state index contributed by atoms with van der Waals surface area (Å²) < 4.78 is 62.8. The lowest BCUT2D eigenvalue weighted by molar-refractivity contribution is -0.134. The maximum absolute atomic E-state index is 14.5. The molecule has 0 radical (unpaired) electrons. The lowest BCUT2D eigenvalue weighted by Crippen LogP contribution is -2.50. The molecule has 1 aliphatic rings. The van der Waals surface area contributed by atoms with Crippen molar-refractivity contribution in [1.29, 1.82) is 0 Å². The van der Waals surface area contributed by atoms with Crippen LogP contribution in [0.2, 0.25) is 5.02 Å². The Labute approximate surface area is 226 Å². The zero-order valence-corrected chi connectivity index (χ0v) is 22.5. The second-order valence-electron chi connectivity index (χ2n) is 9.65. The van der Waals surface area contributed by atoms with Crippen LogP contribution in [0.5, 0.6) is 5.75 Å². The Hall–Kier alpha value is -3.01. The molecule has 4 rings (SSSR count). The summed E-state index contributed by atoms with van der Waals surface area (Å²) in [6.07, 6.45) is 0.891. The van der Waals surface area contributed by atoms with E-state index >= 15 is 0 Å². The van der Waals surface area contributed by atoms with Gasteiger partial charge in [-0.05, 0) is 54.8 Å². The zero-order chi connectivity index (χ0) is 27.3. The Morgan fingerprint density at radius 1 is 1.03 bits per heavy atom. The first-order valence-corrected chi connectivity index (χ1v) is 14.0. The highest BCUT2D eigenvalue weighted by molar-refractivity contribution is 7.89. The lowest BCUT2D eigenvalue weighted by atomic mass is 9.78. The van der Waals surface area contributed by atoms with Crippen LogP contribution >= 0.6 is 11.6 Å². The van der Waals surface area contributed by atoms with E-state index < -0.39 is 32.0 Å². The summed E-state index contributed by atoms with van der Waals surface area (Å²) in [7, 11) is -2.81. The lowest BCUT2D eigenvalue weighted by Gasteiger charge is -2.42. The molecule has 0 spiro atoms. The third kappa shape index (κ3) is 6.51. The highest BCUT2D eigenvalue weighted by Gasteiger charge is 2.44. The summed E-state index contributed by atoms with van der Waals surface area (Å²) in [6.45, 7) is 0.371. The molecule has 0 aromatic heterocycles. The van der Waals surface area contributed by atoms with Crippen molar-refractivity contribution in [3.05, 3.63) is 95.0 Å². The maximum atomic E-state index is 14.5. The van der Waals surface area contributed by atoms with Crippen LogP contribution in [0, 0.1) is 17.0 Å². The van der Waals surface area contributed by atoms with E-state index in [4.69, 9.17) is 16.3 Å². The van der Waals surface area contributed by atoms with Crippen LogP contribution in [-0.4, -0.2) is 50.3 Å². The number of ether oxygens (including phenoxy) is 1. The van der Waals surface area contributed by atoms with Crippen molar-refractivity contribution < 1.29 is 26.7 Å². The number of benzene rings is 3.